The maximum atomic E-state index is 8.96. The molecular weight excluding hydrogens is 388 g/mol. The lowest BCUT2D eigenvalue weighted by Crippen LogP contribution is -2.18. The quantitative estimate of drug-likeness (QED) is 0.671. The molecule has 0 heterocycles. The van der Waals surface area contributed by atoms with E-state index in [1.807, 2.05) is 19.1 Å². The summed E-state index contributed by atoms with van der Waals surface area (Å²) in [5.41, 5.74) is 1.12. The van der Waals surface area contributed by atoms with Gasteiger partial charge in [-0.15, -0.1) is 0 Å². The molecule has 110 valence electrons. The molecule has 0 amide bonds. The van der Waals surface area contributed by atoms with Crippen molar-refractivity contribution in [2.75, 3.05) is 20.3 Å². The molecule has 4 nitrogen and oxygen atoms in total. The number of hydrogen-bond donors (Lipinski definition) is 1. The van der Waals surface area contributed by atoms with Gasteiger partial charge in [-0.05, 0) is 56.0 Å². The van der Waals surface area contributed by atoms with Crippen LogP contribution >= 0.6 is 31.9 Å². The van der Waals surface area contributed by atoms with Crippen molar-refractivity contribution >= 4 is 31.9 Å². The Morgan fingerprint density at radius 1 is 1.35 bits per heavy atom. The maximum Gasteiger partial charge on any atom is 0.184 e. The highest BCUT2D eigenvalue weighted by atomic mass is 79.9. The molecule has 0 saturated carbocycles. The van der Waals surface area contributed by atoms with E-state index in [0.29, 0.717) is 18.8 Å². The Hall–Kier alpha value is -0.610. The highest BCUT2D eigenvalue weighted by Crippen LogP contribution is 2.35. The maximum absolute atomic E-state index is 8.96. The summed E-state index contributed by atoms with van der Waals surface area (Å²) in [5, 5.41) is 12.2. The van der Waals surface area contributed by atoms with Crippen molar-refractivity contribution in [1.82, 2.24) is 5.32 Å². The van der Waals surface area contributed by atoms with Gasteiger partial charge in [-0.25, -0.2) is 0 Å². The molecule has 1 N–H and O–H groups in total. The normalized spacial score (nSPS) is 11.9. The molecule has 6 heteroatoms. The zero-order chi connectivity index (χ0) is 15.0. The van der Waals surface area contributed by atoms with E-state index in [4.69, 9.17) is 14.7 Å². The van der Waals surface area contributed by atoms with Crippen LogP contribution in [0.2, 0.25) is 0 Å². The SMILES string of the molecule is CCC(C#N)Oc1c(Br)cc(CNCCOC)cc1Br. The van der Waals surface area contributed by atoms with Gasteiger partial charge < -0.3 is 14.8 Å². The van der Waals surface area contributed by atoms with Gasteiger partial charge in [0.05, 0.1) is 15.6 Å². The summed E-state index contributed by atoms with van der Waals surface area (Å²) < 4.78 is 12.3. The molecule has 0 aliphatic carbocycles. The summed E-state index contributed by atoms with van der Waals surface area (Å²) >= 11 is 6.98. The third-order valence-corrected chi connectivity index (χ3v) is 3.82. The molecule has 1 rings (SSSR count). The summed E-state index contributed by atoms with van der Waals surface area (Å²) in [6.07, 6.45) is 0.212. The van der Waals surface area contributed by atoms with Crippen LogP contribution in [0.25, 0.3) is 0 Å². The van der Waals surface area contributed by atoms with E-state index in [-0.39, 0.29) is 0 Å². The summed E-state index contributed by atoms with van der Waals surface area (Å²) in [7, 11) is 1.68. The fraction of sp³-hybridized carbons (Fsp3) is 0.500. The van der Waals surface area contributed by atoms with Gasteiger partial charge in [-0.1, -0.05) is 6.92 Å². The van der Waals surface area contributed by atoms with Crippen molar-refractivity contribution in [2.45, 2.75) is 26.0 Å². The van der Waals surface area contributed by atoms with Gasteiger partial charge in [0.2, 0.25) is 0 Å². The Balaban J connectivity index is 2.73. The van der Waals surface area contributed by atoms with E-state index in [2.05, 4.69) is 43.2 Å². The van der Waals surface area contributed by atoms with Gasteiger partial charge >= 0.3 is 0 Å². The number of nitrogens with one attached hydrogen (secondary N) is 1. The molecule has 1 aromatic rings. The fourth-order valence-corrected chi connectivity index (χ4v) is 3.05. The van der Waals surface area contributed by atoms with Crippen molar-refractivity contribution in [3.8, 4) is 11.8 Å². The molecule has 0 radical (unpaired) electrons. The minimum Gasteiger partial charge on any atom is -0.473 e. The standard InChI is InChI=1S/C14H18Br2N2O2/c1-3-11(8-17)20-14-12(15)6-10(7-13(14)16)9-18-4-5-19-2/h6-7,11,18H,3-5,9H2,1-2H3. The van der Waals surface area contributed by atoms with Gasteiger partial charge in [-0.2, -0.15) is 5.26 Å². The Kier molecular flexibility index (Phi) is 8.15. The minimum absolute atomic E-state index is 0.437. The number of rotatable bonds is 8. The van der Waals surface area contributed by atoms with Crippen molar-refractivity contribution in [2.24, 2.45) is 0 Å². The first-order valence-corrected chi connectivity index (χ1v) is 7.94. The molecule has 0 aliphatic heterocycles. The first-order valence-electron chi connectivity index (χ1n) is 6.36. The van der Waals surface area contributed by atoms with E-state index in [9.17, 15) is 0 Å². The predicted molar refractivity (Wildman–Crippen MR) is 85.7 cm³/mol. The lowest BCUT2D eigenvalue weighted by atomic mass is 10.2. The Morgan fingerprint density at radius 3 is 2.50 bits per heavy atom. The smallest absolute Gasteiger partial charge is 0.184 e. The lowest BCUT2D eigenvalue weighted by molar-refractivity contribution is 0.199. The first kappa shape index (κ1) is 17.4. The number of nitrogens with zero attached hydrogens (tertiary/aromatic N) is 1. The number of halogens is 2. The summed E-state index contributed by atoms with van der Waals surface area (Å²) in [6, 6.07) is 6.11. The van der Waals surface area contributed by atoms with Crippen LogP contribution in [0.15, 0.2) is 21.1 Å². The largest absolute Gasteiger partial charge is 0.473 e. The van der Waals surface area contributed by atoms with Crippen LogP contribution in [0.1, 0.15) is 18.9 Å². The molecule has 20 heavy (non-hydrogen) atoms. The monoisotopic (exact) mass is 404 g/mol. The highest BCUT2D eigenvalue weighted by Gasteiger charge is 2.13. The highest BCUT2D eigenvalue weighted by molar-refractivity contribution is 9.11. The molecule has 0 aromatic heterocycles. The van der Waals surface area contributed by atoms with Crippen molar-refractivity contribution in [3.63, 3.8) is 0 Å². The van der Waals surface area contributed by atoms with Crippen molar-refractivity contribution in [1.29, 1.82) is 5.26 Å². The summed E-state index contributed by atoms with van der Waals surface area (Å²) in [5.74, 6) is 0.666. The number of benzene rings is 1. The van der Waals surface area contributed by atoms with Crippen LogP contribution in [0.3, 0.4) is 0 Å². The molecule has 0 spiro atoms. The minimum atomic E-state index is -0.437. The topological polar surface area (TPSA) is 54.3 Å². The van der Waals surface area contributed by atoms with Crippen LogP contribution < -0.4 is 10.1 Å². The summed E-state index contributed by atoms with van der Waals surface area (Å²) in [4.78, 5) is 0. The molecule has 0 aliphatic rings. The number of methoxy groups -OCH3 is 1. The van der Waals surface area contributed by atoms with E-state index >= 15 is 0 Å². The third-order valence-electron chi connectivity index (χ3n) is 2.65. The van der Waals surface area contributed by atoms with Crippen molar-refractivity contribution in [3.05, 3.63) is 26.6 Å². The van der Waals surface area contributed by atoms with Gasteiger partial charge in [0.1, 0.15) is 11.8 Å². The van der Waals surface area contributed by atoms with E-state index in [1.54, 1.807) is 7.11 Å². The number of hydrogen-bond acceptors (Lipinski definition) is 4. The van der Waals surface area contributed by atoms with Gasteiger partial charge in [0.15, 0.2) is 6.10 Å². The van der Waals surface area contributed by atoms with Crippen molar-refractivity contribution < 1.29 is 9.47 Å². The van der Waals surface area contributed by atoms with Gasteiger partial charge in [0.25, 0.3) is 0 Å². The fourth-order valence-electron chi connectivity index (χ4n) is 1.58. The zero-order valence-electron chi connectivity index (χ0n) is 11.6. The molecule has 1 unspecified atom stereocenters. The zero-order valence-corrected chi connectivity index (χ0v) is 14.8. The third kappa shape index (κ3) is 5.41. The Bertz CT molecular complexity index is 452. The Labute approximate surface area is 136 Å². The lowest BCUT2D eigenvalue weighted by Gasteiger charge is -2.15. The van der Waals surface area contributed by atoms with Crippen LogP contribution in [-0.2, 0) is 11.3 Å². The first-order chi connectivity index (χ1) is 9.62. The molecule has 1 aromatic carbocycles. The Morgan fingerprint density at radius 2 is 2.00 bits per heavy atom. The molecular formula is C14H18Br2N2O2. The summed E-state index contributed by atoms with van der Waals surface area (Å²) in [6.45, 7) is 4.15. The molecule has 0 fully saturated rings. The van der Waals surface area contributed by atoms with Crippen LogP contribution in [-0.4, -0.2) is 26.4 Å². The average molecular weight is 406 g/mol. The van der Waals surface area contributed by atoms with Crippen LogP contribution in [0.5, 0.6) is 5.75 Å². The number of ether oxygens (including phenoxy) is 2. The van der Waals surface area contributed by atoms with Crippen LogP contribution in [0, 0.1) is 11.3 Å². The second-order valence-corrected chi connectivity index (χ2v) is 5.91. The molecule has 0 bridgehead atoms. The van der Waals surface area contributed by atoms with Gasteiger partial charge in [-0.3, -0.25) is 0 Å². The van der Waals surface area contributed by atoms with E-state index in [0.717, 1.165) is 27.6 Å². The van der Waals surface area contributed by atoms with E-state index < -0.39 is 6.10 Å². The van der Waals surface area contributed by atoms with E-state index in [1.165, 1.54) is 0 Å². The number of nitriles is 1. The van der Waals surface area contributed by atoms with Crippen LogP contribution in [0.4, 0.5) is 0 Å². The second-order valence-electron chi connectivity index (χ2n) is 4.20. The second kappa shape index (κ2) is 9.35. The van der Waals surface area contributed by atoms with Gasteiger partial charge in [0, 0.05) is 20.2 Å². The molecule has 1 atom stereocenters. The average Bonchev–Trinajstić information content (AvgIpc) is 2.43. The molecule has 0 saturated heterocycles. The predicted octanol–water partition coefficient (Wildman–Crippen LogP) is 3.63.